The molecule has 0 radical (unpaired) electrons. The van der Waals surface area contributed by atoms with Gasteiger partial charge in [0.15, 0.2) is 5.65 Å². The molecule has 0 bridgehead atoms. The number of imidazole rings is 1. The Balaban J connectivity index is 1.31. The van der Waals surface area contributed by atoms with Gasteiger partial charge in [-0.2, -0.15) is 0 Å². The van der Waals surface area contributed by atoms with E-state index in [9.17, 15) is 4.39 Å². The SMILES string of the molecule is CCNC1CN(c2cccc(-c3cnc4ccc(N5CCC[C@@H]5c5cccc(F)c5)nn34)n2)C1. The topological polar surface area (TPSA) is 61.6 Å². The van der Waals surface area contributed by atoms with Crippen molar-refractivity contribution in [3.05, 3.63) is 72.2 Å². The second-order valence-corrected chi connectivity index (χ2v) is 9.05. The van der Waals surface area contributed by atoms with E-state index in [1.54, 1.807) is 12.1 Å². The highest BCUT2D eigenvalue weighted by molar-refractivity contribution is 5.63. The molecule has 7 nitrogen and oxygen atoms in total. The molecule has 0 amide bonds. The van der Waals surface area contributed by atoms with Gasteiger partial charge in [0.2, 0.25) is 0 Å². The van der Waals surface area contributed by atoms with Gasteiger partial charge in [-0.3, -0.25) is 0 Å². The number of hydrogen-bond donors (Lipinski definition) is 1. The van der Waals surface area contributed by atoms with Crippen molar-refractivity contribution in [2.75, 3.05) is 36.0 Å². The van der Waals surface area contributed by atoms with Crippen molar-refractivity contribution in [3.8, 4) is 11.4 Å². The number of halogens is 1. The van der Waals surface area contributed by atoms with Crippen LogP contribution in [0.1, 0.15) is 31.4 Å². The van der Waals surface area contributed by atoms with Crippen LogP contribution in [0.2, 0.25) is 0 Å². The normalized spacial score (nSPS) is 18.6. The molecule has 2 aliphatic rings. The van der Waals surface area contributed by atoms with Crippen molar-refractivity contribution in [1.82, 2.24) is 24.9 Å². The summed E-state index contributed by atoms with van der Waals surface area (Å²) in [7, 11) is 0. The van der Waals surface area contributed by atoms with Gasteiger partial charge in [0.25, 0.3) is 0 Å². The number of aromatic nitrogens is 4. The summed E-state index contributed by atoms with van der Waals surface area (Å²) in [6.45, 7) is 5.95. The predicted molar refractivity (Wildman–Crippen MR) is 132 cm³/mol. The highest BCUT2D eigenvalue weighted by Gasteiger charge is 2.29. The Labute approximate surface area is 198 Å². The van der Waals surface area contributed by atoms with Gasteiger partial charge in [0.05, 0.1) is 17.9 Å². The number of hydrogen-bond acceptors (Lipinski definition) is 6. The lowest BCUT2D eigenvalue weighted by atomic mass is 10.0. The van der Waals surface area contributed by atoms with Crippen LogP contribution >= 0.6 is 0 Å². The van der Waals surface area contributed by atoms with Gasteiger partial charge in [-0.25, -0.2) is 18.9 Å². The van der Waals surface area contributed by atoms with Crippen LogP contribution in [-0.2, 0) is 0 Å². The highest BCUT2D eigenvalue weighted by atomic mass is 19.1. The maximum absolute atomic E-state index is 13.9. The molecule has 174 valence electrons. The summed E-state index contributed by atoms with van der Waals surface area (Å²) in [6, 6.07) is 17.7. The summed E-state index contributed by atoms with van der Waals surface area (Å²) in [6.07, 6.45) is 3.86. The van der Waals surface area contributed by atoms with Crippen LogP contribution in [0.15, 0.2) is 60.8 Å². The van der Waals surface area contributed by atoms with Crippen LogP contribution < -0.4 is 15.1 Å². The highest BCUT2D eigenvalue weighted by Crippen LogP contribution is 2.35. The van der Waals surface area contributed by atoms with E-state index in [4.69, 9.17) is 10.1 Å². The fraction of sp³-hybridized carbons (Fsp3) is 0.346. The summed E-state index contributed by atoms with van der Waals surface area (Å²) in [5, 5.41) is 8.44. The Hall–Kier alpha value is -3.52. The van der Waals surface area contributed by atoms with Gasteiger partial charge in [-0.1, -0.05) is 25.1 Å². The molecule has 6 rings (SSSR count). The maximum atomic E-state index is 13.9. The summed E-state index contributed by atoms with van der Waals surface area (Å²) >= 11 is 0. The summed E-state index contributed by atoms with van der Waals surface area (Å²) in [4.78, 5) is 14.0. The molecule has 0 aliphatic carbocycles. The van der Waals surface area contributed by atoms with Gasteiger partial charge in [-0.05, 0) is 61.3 Å². The minimum absolute atomic E-state index is 0.116. The number of benzene rings is 1. The molecule has 0 saturated carbocycles. The van der Waals surface area contributed by atoms with Gasteiger partial charge in [0.1, 0.15) is 23.1 Å². The number of nitrogens with zero attached hydrogens (tertiary/aromatic N) is 6. The lowest BCUT2D eigenvalue weighted by Gasteiger charge is -2.40. The fourth-order valence-corrected chi connectivity index (χ4v) is 5.12. The first-order valence-electron chi connectivity index (χ1n) is 12.0. The van der Waals surface area contributed by atoms with Crippen LogP contribution in [0.5, 0.6) is 0 Å². The third-order valence-corrected chi connectivity index (χ3v) is 6.82. The standard InChI is InChI=1S/C26H28FN7/c1-2-28-20-16-32(17-20)25-10-4-8-21(30-25)23-15-29-24-11-12-26(31-34(23)24)33-13-5-9-22(33)18-6-3-7-19(27)14-18/h3-4,6-8,10-12,14-15,20,22,28H,2,5,9,13,16-17H2,1H3/t22-/m1/s1. The molecular formula is C26H28FN7. The van der Waals surface area contributed by atoms with Crippen molar-refractivity contribution >= 4 is 17.3 Å². The Bertz CT molecular complexity index is 1310. The lowest BCUT2D eigenvalue weighted by molar-refractivity contribution is 0.427. The molecule has 1 atom stereocenters. The largest absolute Gasteiger partial charge is 0.353 e. The zero-order valence-corrected chi connectivity index (χ0v) is 19.2. The Morgan fingerprint density at radius 3 is 2.79 bits per heavy atom. The molecule has 0 spiro atoms. The number of fused-ring (bicyclic) bond motifs is 1. The third-order valence-electron chi connectivity index (χ3n) is 6.82. The Kier molecular flexibility index (Phi) is 5.37. The lowest BCUT2D eigenvalue weighted by Crippen LogP contribution is -2.58. The smallest absolute Gasteiger partial charge is 0.154 e. The number of anilines is 2. The first kappa shape index (κ1) is 21.0. The van der Waals surface area contributed by atoms with Crippen LogP contribution in [0.25, 0.3) is 17.0 Å². The molecule has 3 aromatic heterocycles. The van der Waals surface area contributed by atoms with Crippen molar-refractivity contribution < 1.29 is 4.39 Å². The van der Waals surface area contributed by atoms with Gasteiger partial charge < -0.3 is 15.1 Å². The van der Waals surface area contributed by atoms with E-state index in [-0.39, 0.29) is 11.9 Å². The fourth-order valence-electron chi connectivity index (χ4n) is 5.12. The Morgan fingerprint density at radius 2 is 1.94 bits per heavy atom. The molecule has 5 heterocycles. The second kappa shape index (κ2) is 8.68. The Morgan fingerprint density at radius 1 is 1.06 bits per heavy atom. The summed E-state index contributed by atoms with van der Waals surface area (Å²) in [5.74, 6) is 1.64. The molecular weight excluding hydrogens is 429 g/mol. The molecule has 34 heavy (non-hydrogen) atoms. The first-order chi connectivity index (χ1) is 16.7. The molecule has 2 saturated heterocycles. The van der Waals surface area contributed by atoms with Gasteiger partial charge in [-0.15, -0.1) is 5.10 Å². The van der Waals surface area contributed by atoms with Crippen LogP contribution in [0.3, 0.4) is 0 Å². The molecule has 4 aromatic rings. The molecule has 2 fully saturated rings. The number of nitrogens with one attached hydrogen (secondary N) is 1. The van der Waals surface area contributed by atoms with Crippen molar-refractivity contribution in [3.63, 3.8) is 0 Å². The van der Waals surface area contributed by atoms with E-state index in [1.807, 2.05) is 41.0 Å². The van der Waals surface area contributed by atoms with E-state index < -0.39 is 0 Å². The van der Waals surface area contributed by atoms with E-state index >= 15 is 0 Å². The van der Waals surface area contributed by atoms with Gasteiger partial charge in [0, 0.05) is 25.7 Å². The quantitative estimate of drug-likeness (QED) is 0.471. The van der Waals surface area contributed by atoms with E-state index in [2.05, 4.69) is 33.1 Å². The monoisotopic (exact) mass is 457 g/mol. The number of pyridine rings is 1. The van der Waals surface area contributed by atoms with E-state index in [0.717, 1.165) is 73.3 Å². The minimum Gasteiger partial charge on any atom is -0.353 e. The summed E-state index contributed by atoms with van der Waals surface area (Å²) < 4.78 is 15.8. The molecule has 8 heteroatoms. The van der Waals surface area contributed by atoms with Crippen LogP contribution in [-0.4, -0.2) is 51.8 Å². The third kappa shape index (κ3) is 3.77. The molecule has 0 unspecified atom stereocenters. The average molecular weight is 458 g/mol. The van der Waals surface area contributed by atoms with Crippen molar-refractivity contribution in [1.29, 1.82) is 0 Å². The second-order valence-electron chi connectivity index (χ2n) is 9.05. The maximum Gasteiger partial charge on any atom is 0.154 e. The molecule has 1 aromatic carbocycles. The number of likely N-dealkylation sites (N-methyl/N-ethyl adjacent to an activating group) is 1. The van der Waals surface area contributed by atoms with Crippen molar-refractivity contribution in [2.24, 2.45) is 0 Å². The number of rotatable bonds is 6. The van der Waals surface area contributed by atoms with E-state index in [1.165, 1.54) is 6.07 Å². The predicted octanol–water partition coefficient (Wildman–Crippen LogP) is 4.07. The van der Waals surface area contributed by atoms with E-state index in [0.29, 0.717) is 6.04 Å². The zero-order chi connectivity index (χ0) is 23.1. The molecule has 1 N–H and O–H groups in total. The first-order valence-corrected chi connectivity index (χ1v) is 12.0. The van der Waals surface area contributed by atoms with Crippen LogP contribution in [0.4, 0.5) is 16.0 Å². The zero-order valence-electron chi connectivity index (χ0n) is 19.2. The summed E-state index contributed by atoms with van der Waals surface area (Å²) in [5.41, 5.74) is 3.49. The van der Waals surface area contributed by atoms with Gasteiger partial charge >= 0.3 is 0 Å². The van der Waals surface area contributed by atoms with Crippen molar-refractivity contribution in [2.45, 2.75) is 31.8 Å². The molecule has 2 aliphatic heterocycles. The average Bonchev–Trinajstić information content (AvgIpc) is 3.48. The minimum atomic E-state index is -0.199. The van der Waals surface area contributed by atoms with Crippen LogP contribution in [0, 0.1) is 5.82 Å².